The van der Waals surface area contributed by atoms with Gasteiger partial charge in [-0.2, -0.15) is 0 Å². The van der Waals surface area contributed by atoms with E-state index >= 15 is 0 Å². The third-order valence-corrected chi connectivity index (χ3v) is 13.7. The lowest BCUT2D eigenvalue weighted by atomic mass is 9.33. The van der Waals surface area contributed by atoms with Crippen molar-refractivity contribution in [2.24, 2.45) is 5.92 Å². The van der Waals surface area contributed by atoms with Gasteiger partial charge in [-0.25, -0.2) is 0 Å². The van der Waals surface area contributed by atoms with E-state index < -0.39 is 0 Å². The molecule has 3 aliphatic rings. The van der Waals surface area contributed by atoms with Crippen molar-refractivity contribution < 1.29 is 8.83 Å². The third kappa shape index (κ3) is 4.79. The molecule has 290 valence electrons. The van der Waals surface area contributed by atoms with Crippen LogP contribution in [0, 0.1) is 5.92 Å². The zero-order valence-electron chi connectivity index (χ0n) is 34.0. The lowest BCUT2D eigenvalue weighted by molar-refractivity contribution is 0.670. The molecule has 9 aromatic carbocycles. The molecule has 5 heteroatoms. The topological polar surface area (TPSA) is 32.8 Å². The standard InChI is InChI=1S/C57H37BN2O2/c1-34-20-23-41(24-21-34)60-50-31-46-44-26-37-15-8-9-16-38(37)29-53(44)61-54(46)32-47(50)58-48-33-55-45(43-25-22-36-14-10-11-19-42(36)57(43)62-55)30-49(48)59(40-17-6-3-7-18-40)51-27-39(28-52(60)56(51)58)35-12-4-2-5-13-35/h2-20,22-34H,21H2,1H3. The zero-order chi connectivity index (χ0) is 40.6. The highest BCUT2D eigenvalue weighted by atomic mass is 16.3. The summed E-state index contributed by atoms with van der Waals surface area (Å²) in [4.78, 5) is 5.04. The second-order valence-electron chi connectivity index (χ2n) is 17.3. The first-order valence-corrected chi connectivity index (χ1v) is 21.7. The van der Waals surface area contributed by atoms with Gasteiger partial charge in [-0.1, -0.05) is 122 Å². The van der Waals surface area contributed by atoms with Crippen LogP contribution in [0.5, 0.6) is 0 Å². The van der Waals surface area contributed by atoms with Crippen LogP contribution in [-0.4, -0.2) is 6.71 Å². The largest absolute Gasteiger partial charge is 0.456 e. The van der Waals surface area contributed by atoms with Gasteiger partial charge in [0.2, 0.25) is 0 Å². The van der Waals surface area contributed by atoms with Crippen molar-refractivity contribution in [3.63, 3.8) is 0 Å². The Kier molecular flexibility index (Phi) is 6.93. The van der Waals surface area contributed by atoms with Gasteiger partial charge in [-0.3, -0.25) is 0 Å². The van der Waals surface area contributed by atoms with Crippen LogP contribution in [-0.2, 0) is 0 Å². The maximum Gasteiger partial charge on any atom is 0.252 e. The van der Waals surface area contributed by atoms with E-state index in [0.717, 1.165) is 67.1 Å². The minimum Gasteiger partial charge on any atom is -0.456 e. The molecule has 0 spiro atoms. The van der Waals surface area contributed by atoms with Gasteiger partial charge in [-0.15, -0.1) is 0 Å². The third-order valence-electron chi connectivity index (χ3n) is 13.7. The molecule has 1 atom stereocenters. The Labute approximate surface area is 358 Å². The number of hydrogen-bond donors (Lipinski definition) is 0. The van der Waals surface area contributed by atoms with Gasteiger partial charge in [0, 0.05) is 61.1 Å². The fourth-order valence-corrected chi connectivity index (χ4v) is 10.8. The molecule has 4 nitrogen and oxygen atoms in total. The van der Waals surface area contributed by atoms with Crippen LogP contribution in [0.2, 0.25) is 0 Å². The average molecular weight is 793 g/mol. The SMILES string of the molecule is CC1C=CC(N2c3cc4c(cc3B3c5cc6oc7c8ccccc8ccc7c6cc5N(c5ccccc5)c5cc(-c6ccccc6)cc2c53)oc2cc3ccccc3cc24)=CC1. The Hall–Kier alpha value is -7.76. The molecule has 62 heavy (non-hydrogen) atoms. The summed E-state index contributed by atoms with van der Waals surface area (Å²) >= 11 is 0. The summed E-state index contributed by atoms with van der Waals surface area (Å²) in [6.07, 6.45) is 8.09. The molecule has 0 radical (unpaired) electrons. The van der Waals surface area contributed by atoms with E-state index in [-0.39, 0.29) is 6.71 Å². The average Bonchev–Trinajstić information content (AvgIpc) is 3.87. The lowest BCUT2D eigenvalue weighted by Gasteiger charge is -2.45. The molecule has 0 fully saturated rings. The van der Waals surface area contributed by atoms with E-state index in [4.69, 9.17) is 8.83 Å². The van der Waals surface area contributed by atoms with E-state index in [1.54, 1.807) is 0 Å². The Morgan fingerprint density at radius 3 is 1.85 bits per heavy atom. The van der Waals surface area contributed by atoms with Crippen LogP contribution in [0.3, 0.4) is 0 Å². The minimum atomic E-state index is -0.121. The fourth-order valence-electron chi connectivity index (χ4n) is 10.8. The summed E-state index contributed by atoms with van der Waals surface area (Å²) < 4.78 is 13.9. The highest BCUT2D eigenvalue weighted by Crippen LogP contribution is 2.48. The monoisotopic (exact) mass is 792 g/mol. The summed E-state index contributed by atoms with van der Waals surface area (Å²) in [5, 5.41) is 9.15. The molecule has 0 N–H and O–H groups in total. The number of fused-ring (bicyclic) bond motifs is 13. The highest BCUT2D eigenvalue weighted by molar-refractivity contribution is 7.00. The molecule has 14 rings (SSSR count). The smallest absolute Gasteiger partial charge is 0.252 e. The minimum absolute atomic E-state index is 0.121. The number of para-hydroxylation sites is 1. The summed E-state index contributed by atoms with van der Waals surface area (Å²) in [7, 11) is 0. The van der Waals surface area contributed by atoms with Crippen LogP contribution in [0.1, 0.15) is 13.3 Å². The second kappa shape index (κ2) is 12.6. The van der Waals surface area contributed by atoms with Crippen molar-refractivity contribution in [1.29, 1.82) is 0 Å². The van der Waals surface area contributed by atoms with Crippen LogP contribution in [0.25, 0.3) is 76.5 Å². The summed E-state index contributed by atoms with van der Waals surface area (Å²) in [6.45, 7) is 2.17. The first kappa shape index (κ1) is 34.0. The number of benzene rings is 9. The molecule has 1 aliphatic carbocycles. The fraction of sp³-hybridized carbons (Fsp3) is 0.0526. The van der Waals surface area contributed by atoms with Crippen LogP contribution < -0.4 is 26.2 Å². The van der Waals surface area contributed by atoms with Gasteiger partial charge in [0.25, 0.3) is 6.71 Å². The Bertz CT molecular complexity index is 3770. The molecule has 0 saturated heterocycles. The predicted molar refractivity (Wildman–Crippen MR) is 260 cm³/mol. The van der Waals surface area contributed by atoms with Crippen LogP contribution in [0.15, 0.2) is 203 Å². The second-order valence-corrected chi connectivity index (χ2v) is 17.3. The quantitative estimate of drug-likeness (QED) is 0.167. The molecule has 0 bridgehead atoms. The molecule has 1 unspecified atom stereocenters. The van der Waals surface area contributed by atoms with Gasteiger partial charge in [-0.05, 0) is 129 Å². The Morgan fingerprint density at radius 1 is 0.484 bits per heavy atom. The van der Waals surface area contributed by atoms with Crippen molar-refractivity contribution in [2.75, 3.05) is 9.80 Å². The Morgan fingerprint density at radius 2 is 1.10 bits per heavy atom. The molecule has 2 aliphatic heterocycles. The highest BCUT2D eigenvalue weighted by Gasteiger charge is 2.45. The number of nitrogens with zero attached hydrogens (tertiary/aromatic N) is 2. The predicted octanol–water partition coefficient (Wildman–Crippen LogP) is 13.7. The van der Waals surface area contributed by atoms with Crippen molar-refractivity contribution in [3.8, 4) is 11.1 Å². The summed E-state index contributed by atoms with van der Waals surface area (Å²) in [5.74, 6) is 0.470. The summed E-state index contributed by atoms with van der Waals surface area (Å²) in [5.41, 5.74) is 16.6. The molecular weight excluding hydrogens is 755 g/mol. The number of hydrogen-bond acceptors (Lipinski definition) is 4. The number of furan rings is 2. The van der Waals surface area contributed by atoms with E-state index in [2.05, 4.69) is 205 Å². The van der Waals surface area contributed by atoms with Crippen molar-refractivity contribution in [1.82, 2.24) is 0 Å². The summed E-state index contributed by atoms with van der Waals surface area (Å²) in [6, 6.07) is 62.1. The van der Waals surface area contributed by atoms with E-state index in [0.29, 0.717) is 5.92 Å². The van der Waals surface area contributed by atoms with Gasteiger partial charge < -0.3 is 18.6 Å². The van der Waals surface area contributed by atoms with Gasteiger partial charge >= 0.3 is 0 Å². The van der Waals surface area contributed by atoms with E-state index in [1.807, 2.05) is 0 Å². The van der Waals surface area contributed by atoms with E-state index in [1.165, 1.54) is 66.4 Å². The number of rotatable bonds is 3. The van der Waals surface area contributed by atoms with Gasteiger partial charge in [0.05, 0.1) is 0 Å². The molecule has 2 aromatic heterocycles. The van der Waals surface area contributed by atoms with Crippen molar-refractivity contribution in [3.05, 3.63) is 194 Å². The van der Waals surface area contributed by atoms with Crippen LogP contribution >= 0.6 is 0 Å². The normalized spacial score (nSPS) is 15.5. The van der Waals surface area contributed by atoms with Crippen LogP contribution in [0.4, 0.5) is 28.4 Å². The Balaban J connectivity index is 1.13. The molecular formula is C57H37BN2O2. The molecule has 0 saturated carbocycles. The van der Waals surface area contributed by atoms with E-state index in [9.17, 15) is 0 Å². The van der Waals surface area contributed by atoms with Crippen molar-refractivity contribution >= 4 is 117 Å². The maximum absolute atomic E-state index is 6.98. The lowest BCUT2D eigenvalue weighted by Crippen LogP contribution is -2.61. The van der Waals surface area contributed by atoms with Crippen molar-refractivity contribution in [2.45, 2.75) is 13.3 Å². The molecule has 11 aromatic rings. The molecule has 4 heterocycles. The molecule has 0 amide bonds. The van der Waals surface area contributed by atoms with Gasteiger partial charge in [0.15, 0.2) is 0 Å². The first-order valence-electron chi connectivity index (χ1n) is 21.7. The van der Waals surface area contributed by atoms with Gasteiger partial charge in [0.1, 0.15) is 22.3 Å². The number of allylic oxidation sites excluding steroid dienone is 3. The maximum atomic E-state index is 6.98. The number of anilines is 5. The first-order chi connectivity index (χ1) is 30.6. The zero-order valence-corrected chi connectivity index (χ0v) is 34.0.